The van der Waals surface area contributed by atoms with Crippen LogP contribution in [0.15, 0.2) is 0 Å². The standard InChI is InChI=1S/C12H23NO2/c1-4-11(12(14)15)13-6-5-10(8-13)7-9(2)3/h9-11H,4-8H2,1-3H3,(H,14,15). The van der Waals surface area contributed by atoms with Gasteiger partial charge in [0.15, 0.2) is 0 Å². The first-order valence-electron chi connectivity index (χ1n) is 6.01. The van der Waals surface area contributed by atoms with E-state index in [-0.39, 0.29) is 6.04 Å². The Balaban J connectivity index is 2.44. The maximum Gasteiger partial charge on any atom is 0.320 e. The van der Waals surface area contributed by atoms with E-state index in [0.717, 1.165) is 19.0 Å². The van der Waals surface area contributed by atoms with Gasteiger partial charge in [-0.05, 0) is 37.6 Å². The van der Waals surface area contributed by atoms with Gasteiger partial charge in [-0.3, -0.25) is 9.69 Å². The Bertz CT molecular complexity index is 216. The zero-order chi connectivity index (χ0) is 11.4. The van der Waals surface area contributed by atoms with Crippen LogP contribution in [0.1, 0.15) is 40.0 Å². The molecule has 0 aliphatic carbocycles. The fourth-order valence-electron chi connectivity index (χ4n) is 2.59. The molecule has 0 bridgehead atoms. The second-order valence-electron chi connectivity index (χ2n) is 5.04. The summed E-state index contributed by atoms with van der Waals surface area (Å²) in [6, 6.07) is -0.262. The number of hydrogen-bond donors (Lipinski definition) is 1. The maximum absolute atomic E-state index is 11.0. The summed E-state index contributed by atoms with van der Waals surface area (Å²) in [4.78, 5) is 13.1. The molecule has 1 aliphatic rings. The van der Waals surface area contributed by atoms with E-state index in [1.165, 1.54) is 12.8 Å². The molecule has 88 valence electrons. The summed E-state index contributed by atoms with van der Waals surface area (Å²) in [7, 11) is 0. The van der Waals surface area contributed by atoms with E-state index in [2.05, 4.69) is 18.7 Å². The number of rotatable bonds is 5. The topological polar surface area (TPSA) is 40.5 Å². The number of hydrogen-bond acceptors (Lipinski definition) is 2. The molecule has 3 nitrogen and oxygen atoms in total. The fraction of sp³-hybridized carbons (Fsp3) is 0.917. The highest BCUT2D eigenvalue weighted by molar-refractivity contribution is 5.73. The minimum absolute atomic E-state index is 0.262. The normalized spacial score (nSPS) is 24.7. The fourth-order valence-corrected chi connectivity index (χ4v) is 2.59. The van der Waals surface area contributed by atoms with Gasteiger partial charge in [0, 0.05) is 6.54 Å². The highest BCUT2D eigenvalue weighted by atomic mass is 16.4. The molecular formula is C12H23NO2. The van der Waals surface area contributed by atoms with Crippen LogP contribution in [0.4, 0.5) is 0 Å². The molecule has 0 aromatic heterocycles. The minimum Gasteiger partial charge on any atom is -0.480 e. The van der Waals surface area contributed by atoms with Crippen molar-refractivity contribution in [1.29, 1.82) is 0 Å². The second kappa shape index (κ2) is 5.50. The van der Waals surface area contributed by atoms with Crippen LogP contribution in [0.2, 0.25) is 0 Å². The lowest BCUT2D eigenvalue weighted by Crippen LogP contribution is -2.39. The van der Waals surface area contributed by atoms with Gasteiger partial charge in [0.1, 0.15) is 6.04 Å². The van der Waals surface area contributed by atoms with E-state index < -0.39 is 5.97 Å². The van der Waals surface area contributed by atoms with Gasteiger partial charge in [-0.25, -0.2) is 0 Å². The van der Waals surface area contributed by atoms with Crippen LogP contribution in [0.3, 0.4) is 0 Å². The third-order valence-electron chi connectivity index (χ3n) is 3.23. The molecule has 1 heterocycles. The van der Waals surface area contributed by atoms with E-state index in [9.17, 15) is 4.79 Å². The Labute approximate surface area is 92.5 Å². The average Bonchev–Trinajstić information content (AvgIpc) is 2.52. The zero-order valence-corrected chi connectivity index (χ0v) is 10.1. The number of carboxylic acid groups (broad SMARTS) is 1. The molecule has 1 rings (SSSR count). The molecule has 2 unspecified atom stereocenters. The third-order valence-corrected chi connectivity index (χ3v) is 3.23. The molecule has 1 saturated heterocycles. The summed E-state index contributed by atoms with van der Waals surface area (Å²) in [5, 5.41) is 9.06. The van der Waals surface area contributed by atoms with Crippen molar-refractivity contribution in [3.63, 3.8) is 0 Å². The highest BCUT2D eigenvalue weighted by Crippen LogP contribution is 2.25. The van der Waals surface area contributed by atoms with E-state index in [1.807, 2.05) is 6.92 Å². The Morgan fingerprint density at radius 2 is 2.20 bits per heavy atom. The monoisotopic (exact) mass is 213 g/mol. The summed E-state index contributed by atoms with van der Waals surface area (Å²) in [5.41, 5.74) is 0. The largest absolute Gasteiger partial charge is 0.480 e. The van der Waals surface area contributed by atoms with Crippen molar-refractivity contribution in [2.45, 2.75) is 46.1 Å². The van der Waals surface area contributed by atoms with Crippen LogP contribution in [0, 0.1) is 11.8 Å². The second-order valence-corrected chi connectivity index (χ2v) is 5.04. The number of nitrogens with zero attached hydrogens (tertiary/aromatic N) is 1. The predicted octanol–water partition coefficient (Wildman–Crippen LogP) is 2.22. The molecule has 1 N–H and O–H groups in total. The van der Waals surface area contributed by atoms with Gasteiger partial charge in [0.2, 0.25) is 0 Å². The molecule has 0 radical (unpaired) electrons. The van der Waals surface area contributed by atoms with Crippen LogP contribution in [-0.2, 0) is 4.79 Å². The molecule has 0 aromatic carbocycles. The Morgan fingerprint density at radius 1 is 1.53 bits per heavy atom. The maximum atomic E-state index is 11.0. The molecule has 1 aliphatic heterocycles. The van der Waals surface area contributed by atoms with Crippen LogP contribution in [0.25, 0.3) is 0 Å². The molecule has 0 spiro atoms. The van der Waals surface area contributed by atoms with Crippen LogP contribution < -0.4 is 0 Å². The van der Waals surface area contributed by atoms with Gasteiger partial charge < -0.3 is 5.11 Å². The van der Waals surface area contributed by atoms with E-state index >= 15 is 0 Å². The number of carbonyl (C=O) groups is 1. The van der Waals surface area contributed by atoms with Crippen molar-refractivity contribution in [2.24, 2.45) is 11.8 Å². The lowest BCUT2D eigenvalue weighted by molar-refractivity contribution is -0.143. The summed E-state index contributed by atoms with van der Waals surface area (Å²) in [5.74, 6) is 0.765. The van der Waals surface area contributed by atoms with Gasteiger partial charge in [-0.1, -0.05) is 20.8 Å². The number of likely N-dealkylation sites (tertiary alicyclic amines) is 1. The summed E-state index contributed by atoms with van der Waals surface area (Å²) >= 11 is 0. The number of aliphatic carboxylic acids is 1. The molecule has 2 atom stereocenters. The lowest BCUT2D eigenvalue weighted by Gasteiger charge is -2.23. The SMILES string of the molecule is CCC(C(=O)O)N1CCC(CC(C)C)C1. The first-order chi connectivity index (χ1) is 7.04. The Kier molecular flexibility index (Phi) is 4.58. The van der Waals surface area contributed by atoms with E-state index in [4.69, 9.17) is 5.11 Å². The van der Waals surface area contributed by atoms with Crippen molar-refractivity contribution in [3.05, 3.63) is 0 Å². The Hall–Kier alpha value is -0.570. The third kappa shape index (κ3) is 3.49. The van der Waals surface area contributed by atoms with E-state index in [0.29, 0.717) is 12.3 Å². The molecule has 3 heteroatoms. The van der Waals surface area contributed by atoms with Gasteiger partial charge in [0.05, 0.1) is 0 Å². The van der Waals surface area contributed by atoms with Gasteiger partial charge in [-0.2, -0.15) is 0 Å². The van der Waals surface area contributed by atoms with Crippen LogP contribution >= 0.6 is 0 Å². The highest BCUT2D eigenvalue weighted by Gasteiger charge is 2.31. The average molecular weight is 213 g/mol. The summed E-state index contributed by atoms with van der Waals surface area (Å²) < 4.78 is 0. The van der Waals surface area contributed by atoms with Gasteiger partial charge >= 0.3 is 5.97 Å². The molecule has 15 heavy (non-hydrogen) atoms. The minimum atomic E-state index is -0.664. The molecular weight excluding hydrogens is 190 g/mol. The number of carboxylic acids is 1. The Morgan fingerprint density at radius 3 is 2.67 bits per heavy atom. The van der Waals surface area contributed by atoms with Crippen LogP contribution in [0.5, 0.6) is 0 Å². The first-order valence-corrected chi connectivity index (χ1v) is 6.01. The quantitative estimate of drug-likeness (QED) is 0.761. The van der Waals surface area contributed by atoms with Crippen LogP contribution in [-0.4, -0.2) is 35.1 Å². The molecule has 0 amide bonds. The molecule has 1 fully saturated rings. The van der Waals surface area contributed by atoms with Gasteiger partial charge in [0.25, 0.3) is 0 Å². The first kappa shape index (κ1) is 12.5. The summed E-state index contributed by atoms with van der Waals surface area (Å²) in [6.07, 6.45) is 3.11. The van der Waals surface area contributed by atoms with Crippen molar-refractivity contribution >= 4 is 5.97 Å². The van der Waals surface area contributed by atoms with E-state index in [1.54, 1.807) is 0 Å². The van der Waals surface area contributed by atoms with Crippen molar-refractivity contribution in [3.8, 4) is 0 Å². The van der Waals surface area contributed by atoms with Crippen molar-refractivity contribution in [1.82, 2.24) is 4.90 Å². The molecule has 0 saturated carbocycles. The van der Waals surface area contributed by atoms with Crippen molar-refractivity contribution in [2.75, 3.05) is 13.1 Å². The molecule has 0 aromatic rings. The summed E-state index contributed by atoms with van der Waals surface area (Å²) in [6.45, 7) is 8.36. The van der Waals surface area contributed by atoms with Gasteiger partial charge in [-0.15, -0.1) is 0 Å². The zero-order valence-electron chi connectivity index (χ0n) is 10.1. The van der Waals surface area contributed by atoms with Crippen molar-refractivity contribution < 1.29 is 9.90 Å². The lowest BCUT2D eigenvalue weighted by atomic mass is 9.97. The smallest absolute Gasteiger partial charge is 0.320 e. The predicted molar refractivity (Wildman–Crippen MR) is 60.8 cm³/mol.